The van der Waals surface area contributed by atoms with Gasteiger partial charge in [-0.15, -0.1) is 6.58 Å². The van der Waals surface area contributed by atoms with Crippen molar-refractivity contribution in [3.63, 3.8) is 0 Å². The molecule has 0 radical (unpaired) electrons. The van der Waals surface area contributed by atoms with Crippen molar-refractivity contribution < 1.29 is 9.84 Å². The smallest absolute Gasteiger partial charge is 0.0723 e. The van der Waals surface area contributed by atoms with Gasteiger partial charge in [0.15, 0.2) is 0 Å². The van der Waals surface area contributed by atoms with Crippen LogP contribution in [0.5, 0.6) is 0 Å². The average Bonchev–Trinajstić information content (AvgIpc) is 2.10. The fraction of sp³-hybridized carbons (Fsp3) is 0.778. The Bertz CT molecular complexity index is 117. The molecule has 0 bridgehead atoms. The highest BCUT2D eigenvalue weighted by atomic mass is 127. The normalized spacial score (nSPS) is 15.6. The van der Waals surface area contributed by atoms with Gasteiger partial charge in [-0.05, 0) is 19.3 Å². The maximum Gasteiger partial charge on any atom is 0.0723 e. The van der Waals surface area contributed by atoms with Crippen LogP contribution in [0.2, 0.25) is 0 Å². The van der Waals surface area contributed by atoms with Gasteiger partial charge in [0.05, 0.1) is 6.10 Å². The van der Waals surface area contributed by atoms with Gasteiger partial charge in [0.1, 0.15) is 0 Å². The summed E-state index contributed by atoms with van der Waals surface area (Å²) in [6.45, 7) is 3.95. The van der Waals surface area contributed by atoms with E-state index in [-0.39, 0.29) is 12.7 Å². The quantitative estimate of drug-likeness (QED) is 0.441. The van der Waals surface area contributed by atoms with Crippen molar-refractivity contribution in [2.45, 2.75) is 29.3 Å². The third kappa shape index (κ3) is 5.11. The number of hydrogen-bond acceptors (Lipinski definition) is 2. The minimum atomic E-state index is 0.245. The summed E-state index contributed by atoms with van der Waals surface area (Å²) in [6, 6.07) is 0. The first-order valence-electron chi connectivity index (χ1n) is 4.14. The zero-order chi connectivity index (χ0) is 9.40. The van der Waals surface area contributed by atoms with Crippen molar-refractivity contribution in [1.82, 2.24) is 0 Å². The molecule has 0 rings (SSSR count). The molecule has 1 N–H and O–H groups in total. The van der Waals surface area contributed by atoms with E-state index in [0.29, 0.717) is 3.92 Å². The van der Waals surface area contributed by atoms with Gasteiger partial charge in [0, 0.05) is 17.6 Å². The van der Waals surface area contributed by atoms with Crippen LogP contribution < -0.4 is 0 Å². The molecule has 0 aliphatic rings. The summed E-state index contributed by atoms with van der Waals surface area (Å²) in [5, 5.41) is 8.64. The van der Waals surface area contributed by atoms with E-state index in [0.717, 1.165) is 19.3 Å². The predicted octanol–water partition coefficient (Wildman–Crippen LogP) is 2.15. The Kier molecular flexibility index (Phi) is 8.27. The first kappa shape index (κ1) is 12.4. The Morgan fingerprint density at radius 3 is 2.75 bits per heavy atom. The number of ether oxygens (including phenoxy) is 1. The summed E-state index contributed by atoms with van der Waals surface area (Å²) in [5.41, 5.74) is 0. The topological polar surface area (TPSA) is 29.5 Å². The molecule has 12 heavy (non-hydrogen) atoms. The number of aliphatic hydroxyl groups excluding tert-OH is 1. The van der Waals surface area contributed by atoms with E-state index in [1.807, 2.05) is 6.08 Å². The van der Waals surface area contributed by atoms with Crippen LogP contribution in [0.15, 0.2) is 12.7 Å². The summed E-state index contributed by atoms with van der Waals surface area (Å²) in [5.74, 6) is 0. The van der Waals surface area contributed by atoms with Crippen LogP contribution >= 0.6 is 22.6 Å². The van der Waals surface area contributed by atoms with Crippen LogP contribution in [-0.2, 0) is 4.74 Å². The Morgan fingerprint density at radius 2 is 2.33 bits per heavy atom. The molecule has 0 unspecified atom stereocenters. The zero-order valence-corrected chi connectivity index (χ0v) is 9.66. The molecule has 3 heteroatoms. The molecule has 0 aromatic heterocycles. The molecule has 0 heterocycles. The van der Waals surface area contributed by atoms with E-state index in [1.54, 1.807) is 7.11 Å². The van der Waals surface area contributed by atoms with E-state index >= 15 is 0 Å². The zero-order valence-electron chi connectivity index (χ0n) is 7.50. The number of halogens is 1. The van der Waals surface area contributed by atoms with E-state index < -0.39 is 0 Å². The van der Waals surface area contributed by atoms with Gasteiger partial charge in [-0.2, -0.15) is 0 Å². The Balaban J connectivity index is 3.67. The Hall–Kier alpha value is 0.390. The first-order valence-corrected chi connectivity index (χ1v) is 5.39. The van der Waals surface area contributed by atoms with Crippen LogP contribution in [0.4, 0.5) is 0 Å². The van der Waals surface area contributed by atoms with Gasteiger partial charge in [-0.1, -0.05) is 28.7 Å². The molecule has 0 spiro atoms. The standard InChI is InChI=1S/C9H17IO2/c1-3-5-9(12-2)8(10)6-4-7-11/h3,8-9,11H,1,4-7H2,2H3/t8-,9+/m1/s1. The highest BCUT2D eigenvalue weighted by molar-refractivity contribution is 14.1. The third-order valence-corrected chi connectivity index (χ3v) is 3.17. The molecule has 0 aromatic carbocycles. The molecule has 0 aliphatic carbocycles. The van der Waals surface area contributed by atoms with Gasteiger partial charge in [0.25, 0.3) is 0 Å². The van der Waals surface area contributed by atoms with Crippen molar-refractivity contribution in [3.05, 3.63) is 12.7 Å². The largest absolute Gasteiger partial charge is 0.396 e. The lowest BCUT2D eigenvalue weighted by Gasteiger charge is -2.19. The van der Waals surface area contributed by atoms with Gasteiger partial charge >= 0.3 is 0 Å². The van der Waals surface area contributed by atoms with Crippen molar-refractivity contribution >= 4 is 22.6 Å². The number of methoxy groups -OCH3 is 1. The van der Waals surface area contributed by atoms with Crippen molar-refractivity contribution in [2.24, 2.45) is 0 Å². The Labute approximate surface area is 88.1 Å². The molecule has 0 amide bonds. The average molecular weight is 284 g/mol. The molecule has 0 fully saturated rings. The fourth-order valence-corrected chi connectivity index (χ4v) is 2.06. The summed E-state index contributed by atoms with van der Waals surface area (Å²) in [6.07, 6.45) is 4.86. The second-order valence-corrected chi connectivity index (χ2v) is 4.28. The van der Waals surface area contributed by atoms with Gasteiger partial charge in [-0.25, -0.2) is 0 Å². The molecule has 0 aromatic rings. The molecule has 0 aliphatic heterocycles. The van der Waals surface area contributed by atoms with Crippen molar-refractivity contribution in [3.8, 4) is 0 Å². The number of aliphatic hydroxyl groups is 1. The van der Waals surface area contributed by atoms with Gasteiger partial charge in [-0.3, -0.25) is 0 Å². The lowest BCUT2D eigenvalue weighted by atomic mass is 10.1. The summed E-state index contributed by atoms with van der Waals surface area (Å²) in [4.78, 5) is 0. The molecule has 2 atom stereocenters. The number of hydrogen-bond donors (Lipinski definition) is 1. The predicted molar refractivity (Wildman–Crippen MR) is 59.7 cm³/mol. The first-order chi connectivity index (χ1) is 5.76. The highest BCUT2D eigenvalue weighted by Crippen LogP contribution is 2.18. The summed E-state index contributed by atoms with van der Waals surface area (Å²) >= 11 is 2.37. The molecular weight excluding hydrogens is 267 g/mol. The lowest BCUT2D eigenvalue weighted by molar-refractivity contribution is 0.103. The number of rotatable bonds is 7. The molecule has 2 nitrogen and oxygen atoms in total. The summed E-state index contributed by atoms with van der Waals surface area (Å²) in [7, 11) is 1.72. The summed E-state index contributed by atoms with van der Waals surface area (Å²) < 4.78 is 5.76. The monoisotopic (exact) mass is 284 g/mol. The SMILES string of the molecule is C=CC[C@H](OC)[C@H](I)CCCO. The van der Waals surface area contributed by atoms with Gasteiger partial charge < -0.3 is 9.84 Å². The van der Waals surface area contributed by atoms with Gasteiger partial charge in [0.2, 0.25) is 0 Å². The number of alkyl halides is 1. The van der Waals surface area contributed by atoms with Crippen LogP contribution in [0.3, 0.4) is 0 Å². The lowest BCUT2D eigenvalue weighted by Crippen LogP contribution is -2.22. The van der Waals surface area contributed by atoms with Crippen LogP contribution in [0.25, 0.3) is 0 Å². The highest BCUT2D eigenvalue weighted by Gasteiger charge is 2.15. The molecule has 0 saturated heterocycles. The van der Waals surface area contributed by atoms with Crippen molar-refractivity contribution in [2.75, 3.05) is 13.7 Å². The van der Waals surface area contributed by atoms with Crippen LogP contribution in [0, 0.1) is 0 Å². The maximum atomic E-state index is 8.64. The third-order valence-electron chi connectivity index (χ3n) is 1.74. The second kappa shape index (κ2) is 8.01. The minimum Gasteiger partial charge on any atom is -0.396 e. The Morgan fingerprint density at radius 1 is 1.67 bits per heavy atom. The van der Waals surface area contributed by atoms with Crippen LogP contribution in [0.1, 0.15) is 19.3 Å². The van der Waals surface area contributed by atoms with E-state index in [1.165, 1.54) is 0 Å². The van der Waals surface area contributed by atoms with Crippen molar-refractivity contribution in [1.29, 1.82) is 0 Å². The van der Waals surface area contributed by atoms with E-state index in [9.17, 15) is 0 Å². The molecule has 0 saturated carbocycles. The molecule has 72 valence electrons. The fourth-order valence-electron chi connectivity index (χ4n) is 1.03. The molecular formula is C9H17IO2. The van der Waals surface area contributed by atoms with Crippen LogP contribution in [-0.4, -0.2) is 28.9 Å². The minimum absolute atomic E-state index is 0.245. The van der Waals surface area contributed by atoms with E-state index in [4.69, 9.17) is 9.84 Å². The van der Waals surface area contributed by atoms with E-state index in [2.05, 4.69) is 29.2 Å². The second-order valence-electron chi connectivity index (χ2n) is 2.68. The maximum absolute atomic E-state index is 8.64.